The number of nitrogens with two attached hydrogens (primary N) is 1. The predicted octanol–water partition coefficient (Wildman–Crippen LogP) is 3.65. The molecule has 0 aliphatic carbocycles. The first kappa shape index (κ1) is 24.2. The summed E-state index contributed by atoms with van der Waals surface area (Å²) in [7, 11) is -2.72. The van der Waals surface area contributed by atoms with E-state index < -0.39 is 28.0 Å². The Hall–Kier alpha value is -3.89. The number of benzene rings is 3. The van der Waals surface area contributed by atoms with Crippen LogP contribution in [0.4, 0.5) is 5.69 Å². The molecule has 0 aliphatic rings. The largest absolute Gasteiger partial charge is 0.496 e. The monoisotopic (exact) mass is 495 g/mol. The van der Waals surface area contributed by atoms with E-state index in [4.69, 9.17) is 14.6 Å². The van der Waals surface area contributed by atoms with Crippen LogP contribution in [0.3, 0.4) is 0 Å². The SMILES string of the molecule is CCn1c2ccccc2c2cc(NC(=O)C(C)OC(=O)c3cc(S(N)(=O)=O)ccc3OC)ccc21. The first-order valence-electron chi connectivity index (χ1n) is 10.9. The summed E-state index contributed by atoms with van der Waals surface area (Å²) in [6.07, 6.45) is -1.17. The van der Waals surface area contributed by atoms with E-state index in [0.29, 0.717) is 5.69 Å². The molecule has 1 unspecified atom stereocenters. The number of amides is 1. The summed E-state index contributed by atoms with van der Waals surface area (Å²) >= 11 is 0. The second kappa shape index (κ2) is 9.40. The van der Waals surface area contributed by atoms with Gasteiger partial charge >= 0.3 is 5.97 Å². The molecule has 0 bridgehead atoms. The average Bonchev–Trinajstić information content (AvgIpc) is 3.15. The Morgan fingerprint density at radius 2 is 1.74 bits per heavy atom. The summed E-state index contributed by atoms with van der Waals surface area (Å²) in [6, 6.07) is 17.2. The van der Waals surface area contributed by atoms with Gasteiger partial charge in [0.1, 0.15) is 11.3 Å². The topological polar surface area (TPSA) is 130 Å². The fraction of sp³-hybridized carbons (Fsp3) is 0.200. The molecule has 1 amide bonds. The first-order chi connectivity index (χ1) is 16.6. The number of sulfonamides is 1. The maximum absolute atomic E-state index is 12.8. The summed E-state index contributed by atoms with van der Waals surface area (Å²) in [5.74, 6) is -1.37. The number of hydrogen-bond acceptors (Lipinski definition) is 6. The number of methoxy groups -OCH3 is 1. The Morgan fingerprint density at radius 3 is 2.43 bits per heavy atom. The fourth-order valence-electron chi connectivity index (χ4n) is 4.02. The molecule has 182 valence electrons. The number of rotatable bonds is 7. The second-order valence-electron chi connectivity index (χ2n) is 7.94. The van der Waals surface area contributed by atoms with Gasteiger partial charge in [0.15, 0.2) is 6.10 Å². The quantitative estimate of drug-likeness (QED) is 0.377. The molecule has 35 heavy (non-hydrogen) atoms. The Bertz CT molecular complexity index is 1560. The van der Waals surface area contributed by atoms with Crippen molar-refractivity contribution in [1.82, 2.24) is 4.57 Å². The third kappa shape index (κ3) is 4.71. The maximum atomic E-state index is 12.8. The maximum Gasteiger partial charge on any atom is 0.342 e. The summed E-state index contributed by atoms with van der Waals surface area (Å²) < 4.78 is 35.9. The number of esters is 1. The zero-order chi connectivity index (χ0) is 25.3. The highest BCUT2D eigenvalue weighted by atomic mass is 32.2. The number of aryl methyl sites for hydroxylation is 1. The van der Waals surface area contributed by atoms with Crippen molar-refractivity contribution in [3.8, 4) is 5.75 Å². The van der Waals surface area contributed by atoms with E-state index in [1.807, 2.05) is 30.3 Å². The van der Waals surface area contributed by atoms with Crippen molar-refractivity contribution in [2.24, 2.45) is 5.14 Å². The second-order valence-corrected chi connectivity index (χ2v) is 9.50. The Labute approximate surface area is 202 Å². The zero-order valence-corrected chi connectivity index (χ0v) is 20.3. The van der Waals surface area contributed by atoms with Gasteiger partial charge in [-0.05, 0) is 56.3 Å². The Kier molecular flexibility index (Phi) is 6.51. The molecule has 1 aromatic heterocycles. The molecular weight excluding hydrogens is 470 g/mol. The van der Waals surface area contributed by atoms with Crippen LogP contribution in [0, 0.1) is 0 Å². The van der Waals surface area contributed by atoms with Gasteiger partial charge in [0.05, 0.1) is 12.0 Å². The number of ether oxygens (including phenoxy) is 2. The van der Waals surface area contributed by atoms with E-state index in [0.717, 1.165) is 34.4 Å². The number of para-hydroxylation sites is 1. The first-order valence-corrected chi connectivity index (χ1v) is 12.4. The molecule has 1 atom stereocenters. The van der Waals surface area contributed by atoms with Gasteiger partial charge in [-0.15, -0.1) is 0 Å². The fourth-order valence-corrected chi connectivity index (χ4v) is 4.56. The van der Waals surface area contributed by atoms with Crippen LogP contribution in [0.25, 0.3) is 21.8 Å². The van der Waals surface area contributed by atoms with Gasteiger partial charge in [-0.1, -0.05) is 18.2 Å². The zero-order valence-electron chi connectivity index (χ0n) is 19.4. The van der Waals surface area contributed by atoms with Crippen molar-refractivity contribution in [2.75, 3.05) is 12.4 Å². The van der Waals surface area contributed by atoms with Crippen LogP contribution in [0.1, 0.15) is 24.2 Å². The van der Waals surface area contributed by atoms with Gasteiger partial charge in [-0.2, -0.15) is 0 Å². The number of hydrogen-bond donors (Lipinski definition) is 2. The van der Waals surface area contributed by atoms with Gasteiger partial charge < -0.3 is 19.4 Å². The van der Waals surface area contributed by atoms with Crippen molar-refractivity contribution in [2.45, 2.75) is 31.4 Å². The highest BCUT2D eigenvalue weighted by Gasteiger charge is 2.24. The van der Waals surface area contributed by atoms with Crippen LogP contribution in [-0.4, -0.2) is 38.1 Å². The predicted molar refractivity (Wildman–Crippen MR) is 133 cm³/mol. The lowest BCUT2D eigenvalue weighted by molar-refractivity contribution is -0.123. The van der Waals surface area contributed by atoms with Crippen LogP contribution in [0.15, 0.2) is 65.6 Å². The molecular formula is C25H25N3O6S. The van der Waals surface area contributed by atoms with E-state index in [2.05, 4.69) is 22.9 Å². The van der Waals surface area contributed by atoms with Gasteiger partial charge in [0.2, 0.25) is 10.0 Å². The Morgan fingerprint density at radius 1 is 1.03 bits per heavy atom. The lowest BCUT2D eigenvalue weighted by Gasteiger charge is -2.15. The number of carbonyl (C=O) groups is 2. The molecule has 4 aromatic rings. The minimum atomic E-state index is -4.05. The molecule has 1 heterocycles. The number of primary sulfonamides is 1. The third-order valence-electron chi connectivity index (χ3n) is 5.73. The number of nitrogens with zero attached hydrogens (tertiary/aromatic N) is 1. The standard InChI is InChI=1S/C25H25N3O6S/c1-4-28-21-8-6-5-7-18(21)19-13-16(9-11-22(19)28)27-24(29)15(2)34-25(30)20-14-17(35(26,31)32)10-12-23(20)33-3/h5-15H,4H2,1-3H3,(H,27,29)(H2,26,31,32). The minimum Gasteiger partial charge on any atom is -0.496 e. The summed E-state index contributed by atoms with van der Waals surface area (Å²) in [6.45, 7) is 4.30. The van der Waals surface area contributed by atoms with Crippen molar-refractivity contribution >= 4 is 49.4 Å². The van der Waals surface area contributed by atoms with Crippen molar-refractivity contribution in [3.05, 3.63) is 66.2 Å². The lowest BCUT2D eigenvalue weighted by atomic mass is 10.1. The average molecular weight is 496 g/mol. The molecule has 0 aliphatic heterocycles. The highest BCUT2D eigenvalue weighted by Crippen LogP contribution is 2.31. The molecule has 10 heteroatoms. The number of anilines is 1. The van der Waals surface area contributed by atoms with E-state index in [-0.39, 0.29) is 16.2 Å². The molecule has 9 nitrogen and oxygen atoms in total. The molecule has 3 aromatic carbocycles. The smallest absolute Gasteiger partial charge is 0.342 e. The van der Waals surface area contributed by atoms with Crippen molar-refractivity contribution < 1.29 is 27.5 Å². The summed E-state index contributed by atoms with van der Waals surface area (Å²) in [5.41, 5.74) is 2.55. The molecule has 0 saturated heterocycles. The minimum absolute atomic E-state index is 0.0905. The highest BCUT2D eigenvalue weighted by molar-refractivity contribution is 7.89. The normalized spacial score (nSPS) is 12.5. The van der Waals surface area contributed by atoms with Crippen molar-refractivity contribution in [3.63, 3.8) is 0 Å². The van der Waals surface area contributed by atoms with Crippen LogP contribution >= 0.6 is 0 Å². The van der Waals surface area contributed by atoms with Crippen LogP contribution < -0.4 is 15.2 Å². The molecule has 4 rings (SSSR count). The van der Waals surface area contributed by atoms with Crippen molar-refractivity contribution in [1.29, 1.82) is 0 Å². The molecule has 0 radical (unpaired) electrons. The van der Waals surface area contributed by atoms with Gasteiger partial charge in [-0.3, -0.25) is 4.79 Å². The number of fused-ring (bicyclic) bond motifs is 3. The molecule has 0 saturated carbocycles. The Balaban J connectivity index is 1.55. The number of aromatic nitrogens is 1. The van der Waals surface area contributed by atoms with Gasteiger partial charge in [-0.25, -0.2) is 18.4 Å². The van der Waals surface area contributed by atoms with Gasteiger partial charge in [0, 0.05) is 34.0 Å². The van der Waals surface area contributed by atoms with Gasteiger partial charge in [0.25, 0.3) is 5.91 Å². The van der Waals surface area contributed by atoms with E-state index in [1.54, 1.807) is 6.07 Å². The van der Waals surface area contributed by atoms with Crippen LogP contribution in [-0.2, 0) is 26.1 Å². The number of nitrogens with one attached hydrogen (secondary N) is 1. The molecule has 3 N–H and O–H groups in total. The summed E-state index contributed by atoms with van der Waals surface area (Å²) in [5, 5.41) is 9.99. The van der Waals surface area contributed by atoms with Crippen LogP contribution in [0.5, 0.6) is 5.75 Å². The van der Waals surface area contributed by atoms with Crippen LogP contribution in [0.2, 0.25) is 0 Å². The van der Waals surface area contributed by atoms with E-state index in [9.17, 15) is 18.0 Å². The summed E-state index contributed by atoms with van der Waals surface area (Å²) in [4.78, 5) is 25.2. The molecule has 0 spiro atoms. The van der Waals surface area contributed by atoms with E-state index >= 15 is 0 Å². The number of carbonyl (C=O) groups excluding carboxylic acids is 2. The lowest BCUT2D eigenvalue weighted by Crippen LogP contribution is -2.30. The molecule has 0 fully saturated rings. The third-order valence-corrected chi connectivity index (χ3v) is 6.64. The van der Waals surface area contributed by atoms with E-state index in [1.165, 1.54) is 26.2 Å².